The molecule has 31 heavy (non-hydrogen) atoms. The minimum absolute atomic E-state index is 0.0180. The Bertz CT molecular complexity index is 1250. The van der Waals surface area contributed by atoms with Gasteiger partial charge in [0, 0.05) is 24.6 Å². The lowest BCUT2D eigenvalue weighted by atomic mass is 9.92. The van der Waals surface area contributed by atoms with Crippen molar-refractivity contribution in [1.82, 2.24) is 14.5 Å². The first-order valence-electron chi connectivity index (χ1n) is 10.1. The first-order chi connectivity index (χ1) is 14.8. The molecule has 0 N–H and O–H groups in total. The zero-order valence-corrected chi connectivity index (χ0v) is 17.7. The number of sulfonamides is 1. The number of hydrogen-bond donors (Lipinski definition) is 0. The number of halogens is 2. The topological polar surface area (TPSA) is 76.3 Å². The van der Waals surface area contributed by atoms with Gasteiger partial charge in [0.25, 0.3) is 0 Å². The molecule has 1 saturated heterocycles. The normalized spacial score (nSPS) is 20.8. The van der Waals surface area contributed by atoms with E-state index in [2.05, 4.69) is 10.2 Å². The van der Waals surface area contributed by atoms with Crippen molar-refractivity contribution in [3.63, 3.8) is 0 Å². The molecule has 2 aromatic carbocycles. The highest BCUT2D eigenvalue weighted by Gasteiger charge is 2.58. The van der Waals surface area contributed by atoms with Gasteiger partial charge >= 0.3 is 0 Å². The van der Waals surface area contributed by atoms with Crippen LogP contribution < -0.4 is 0 Å². The Balaban J connectivity index is 1.28. The molecule has 1 spiro atoms. The standard InChI is InChI=1S/C22H21F2N3O3S/c1-14-5-6-17(12-19(14)24)31(28,29)27-9-7-22(8-10-27)13-18(22)21-26-25-20(30-21)15-3-2-4-16(23)11-15/h2-6,11-12,18H,7-10,13H2,1H3. The van der Waals surface area contributed by atoms with Gasteiger partial charge in [-0.1, -0.05) is 12.1 Å². The second-order valence-electron chi connectivity index (χ2n) is 8.39. The minimum Gasteiger partial charge on any atom is -0.420 e. The maximum atomic E-state index is 13.9. The van der Waals surface area contributed by atoms with E-state index in [0.717, 1.165) is 12.5 Å². The highest BCUT2D eigenvalue weighted by Crippen LogP contribution is 2.64. The molecule has 0 radical (unpaired) electrons. The number of piperidine rings is 1. The van der Waals surface area contributed by atoms with Crippen LogP contribution in [0.3, 0.4) is 0 Å². The second kappa shape index (κ2) is 7.20. The Morgan fingerprint density at radius 3 is 2.58 bits per heavy atom. The summed E-state index contributed by atoms with van der Waals surface area (Å²) in [6.45, 7) is 2.32. The first-order valence-corrected chi connectivity index (χ1v) is 11.6. The van der Waals surface area contributed by atoms with Crippen LogP contribution in [0.2, 0.25) is 0 Å². The number of aromatic nitrogens is 2. The average Bonchev–Trinajstić information content (AvgIpc) is 3.21. The minimum atomic E-state index is -3.74. The molecule has 2 fully saturated rings. The van der Waals surface area contributed by atoms with Gasteiger partial charge in [0.05, 0.1) is 4.90 Å². The molecule has 5 rings (SSSR count). The van der Waals surface area contributed by atoms with E-state index in [0.29, 0.717) is 42.9 Å². The van der Waals surface area contributed by atoms with Crippen LogP contribution in [0, 0.1) is 24.0 Å². The van der Waals surface area contributed by atoms with E-state index in [1.54, 1.807) is 19.1 Å². The Morgan fingerprint density at radius 1 is 1.10 bits per heavy atom. The summed E-state index contributed by atoms with van der Waals surface area (Å²) in [5.74, 6) is -0.0393. The van der Waals surface area contributed by atoms with Gasteiger partial charge in [-0.15, -0.1) is 10.2 Å². The van der Waals surface area contributed by atoms with Crippen molar-refractivity contribution in [3.05, 3.63) is 65.6 Å². The maximum Gasteiger partial charge on any atom is 0.247 e. The lowest BCUT2D eigenvalue weighted by Gasteiger charge is -2.31. The lowest BCUT2D eigenvalue weighted by Crippen LogP contribution is -2.39. The van der Waals surface area contributed by atoms with Crippen molar-refractivity contribution >= 4 is 10.0 Å². The van der Waals surface area contributed by atoms with E-state index in [4.69, 9.17) is 4.42 Å². The Labute approximate surface area is 179 Å². The summed E-state index contributed by atoms with van der Waals surface area (Å²) < 4.78 is 60.4. The zero-order chi connectivity index (χ0) is 21.8. The summed E-state index contributed by atoms with van der Waals surface area (Å²) >= 11 is 0. The van der Waals surface area contributed by atoms with Crippen LogP contribution in [0.25, 0.3) is 11.5 Å². The van der Waals surface area contributed by atoms with Crippen LogP contribution in [0.15, 0.2) is 51.8 Å². The molecule has 2 heterocycles. The molecule has 1 saturated carbocycles. The molecule has 162 valence electrons. The van der Waals surface area contributed by atoms with E-state index in [9.17, 15) is 17.2 Å². The summed E-state index contributed by atoms with van der Waals surface area (Å²) in [5.41, 5.74) is 0.880. The van der Waals surface area contributed by atoms with Crippen LogP contribution in [-0.4, -0.2) is 36.0 Å². The molecule has 6 nitrogen and oxygen atoms in total. The lowest BCUT2D eigenvalue weighted by molar-refractivity contribution is 0.246. The molecule has 1 aromatic heterocycles. The van der Waals surface area contributed by atoms with Crippen molar-refractivity contribution in [2.75, 3.05) is 13.1 Å². The van der Waals surface area contributed by atoms with Gasteiger partial charge in [-0.25, -0.2) is 17.2 Å². The number of hydrogen-bond acceptors (Lipinski definition) is 5. The number of rotatable bonds is 4. The third-order valence-electron chi connectivity index (χ3n) is 6.50. The van der Waals surface area contributed by atoms with Crippen LogP contribution in [-0.2, 0) is 10.0 Å². The van der Waals surface area contributed by atoms with E-state index in [1.165, 1.54) is 28.6 Å². The van der Waals surface area contributed by atoms with Gasteiger partial charge in [0.1, 0.15) is 11.6 Å². The van der Waals surface area contributed by atoms with Crippen molar-refractivity contribution in [3.8, 4) is 11.5 Å². The summed E-state index contributed by atoms with van der Waals surface area (Å²) in [7, 11) is -3.74. The predicted molar refractivity (Wildman–Crippen MR) is 109 cm³/mol. The molecule has 2 aliphatic rings. The smallest absolute Gasteiger partial charge is 0.247 e. The van der Waals surface area contributed by atoms with Crippen molar-refractivity contribution in [1.29, 1.82) is 0 Å². The van der Waals surface area contributed by atoms with Crippen LogP contribution in [0.1, 0.15) is 36.6 Å². The van der Waals surface area contributed by atoms with E-state index >= 15 is 0 Å². The van der Waals surface area contributed by atoms with Gasteiger partial charge in [-0.2, -0.15) is 4.31 Å². The third kappa shape index (κ3) is 3.55. The number of benzene rings is 2. The average molecular weight is 445 g/mol. The van der Waals surface area contributed by atoms with Crippen molar-refractivity contribution in [2.45, 2.75) is 37.0 Å². The fourth-order valence-electron chi connectivity index (χ4n) is 4.42. The monoisotopic (exact) mass is 445 g/mol. The second-order valence-corrected chi connectivity index (χ2v) is 10.3. The predicted octanol–water partition coefficient (Wildman–Crippen LogP) is 4.28. The Hall–Kier alpha value is -2.65. The molecule has 1 atom stereocenters. The molecular weight excluding hydrogens is 424 g/mol. The molecule has 1 unspecified atom stereocenters. The quantitative estimate of drug-likeness (QED) is 0.599. The van der Waals surface area contributed by atoms with E-state index in [1.807, 2.05) is 0 Å². The summed E-state index contributed by atoms with van der Waals surface area (Å²) in [4.78, 5) is -0.0180. The molecular formula is C22H21F2N3O3S. The highest BCUT2D eigenvalue weighted by molar-refractivity contribution is 7.89. The van der Waals surface area contributed by atoms with Gasteiger partial charge in [-0.3, -0.25) is 0 Å². The molecule has 3 aromatic rings. The fourth-order valence-corrected chi connectivity index (χ4v) is 5.87. The van der Waals surface area contributed by atoms with Gasteiger partial charge in [-0.05, 0) is 67.5 Å². The SMILES string of the molecule is Cc1ccc(S(=O)(=O)N2CCC3(CC2)CC3c2nnc(-c3cccc(F)c3)o2)cc1F. The van der Waals surface area contributed by atoms with Crippen LogP contribution in [0.5, 0.6) is 0 Å². The highest BCUT2D eigenvalue weighted by atomic mass is 32.2. The largest absolute Gasteiger partial charge is 0.420 e. The van der Waals surface area contributed by atoms with Gasteiger partial charge in [0.15, 0.2) is 0 Å². The third-order valence-corrected chi connectivity index (χ3v) is 8.39. The Morgan fingerprint density at radius 2 is 1.87 bits per heavy atom. The van der Waals surface area contributed by atoms with E-state index < -0.39 is 15.8 Å². The maximum absolute atomic E-state index is 13.9. The molecule has 0 bridgehead atoms. The summed E-state index contributed by atoms with van der Waals surface area (Å²) in [5, 5.41) is 8.21. The van der Waals surface area contributed by atoms with E-state index in [-0.39, 0.29) is 27.9 Å². The summed E-state index contributed by atoms with van der Waals surface area (Å²) in [6.07, 6.45) is 2.19. The molecule has 9 heteroatoms. The van der Waals surface area contributed by atoms with Crippen molar-refractivity contribution in [2.24, 2.45) is 5.41 Å². The first kappa shape index (κ1) is 20.3. The molecule has 1 aliphatic carbocycles. The Kier molecular flexibility index (Phi) is 4.71. The van der Waals surface area contributed by atoms with Gasteiger partial charge in [0.2, 0.25) is 21.8 Å². The van der Waals surface area contributed by atoms with Crippen LogP contribution >= 0.6 is 0 Å². The fraction of sp³-hybridized carbons (Fsp3) is 0.364. The van der Waals surface area contributed by atoms with Gasteiger partial charge < -0.3 is 4.42 Å². The van der Waals surface area contributed by atoms with Crippen LogP contribution in [0.4, 0.5) is 8.78 Å². The zero-order valence-electron chi connectivity index (χ0n) is 16.9. The summed E-state index contributed by atoms with van der Waals surface area (Å²) in [6, 6.07) is 10.0. The molecule has 1 aliphatic heterocycles. The van der Waals surface area contributed by atoms with Crippen molar-refractivity contribution < 1.29 is 21.6 Å². The molecule has 0 amide bonds. The number of aryl methyl sites for hydroxylation is 1. The number of nitrogens with zero attached hydrogens (tertiary/aromatic N) is 3.